The van der Waals surface area contributed by atoms with Gasteiger partial charge in [0.2, 0.25) is 0 Å². The highest BCUT2D eigenvalue weighted by atomic mass is 19.1. The van der Waals surface area contributed by atoms with E-state index in [1.807, 2.05) is 0 Å². The lowest BCUT2D eigenvalue weighted by molar-refractivity contribution is 0.102. The Hall–Kier alpha value is -2.56. The molecule has 0 spiro atoms. The van der Waals surface area contributed by atoms with E-state index in [2.05, 4.69) is 5.32 Å². The van der Waals surface area contributed by atoms with Crippen molar-refractivity contribution in [1.29, 1.82) is 0 Å². The number of methoxy groups -OCH3 is 1. The molecular formula is C15H14FNO3. The predicted molar refractivity (Wildman–Crippen MR) is 73.7 cm³/mol. The van der Waals surface area contributed by atoms with Gasteiger partial charge in [0.1, 0.15) is 5.82 Å². The molecule has 0 aliphatic carbocycles. The Labute approximate surface area is 115 Å². The summed E-state index contributed by atoms with van der Waals surface area (Å²) in [4.78, 5) is 12.0. The number of rotatable bonds is 3. The van der Waals surface area contributed by atoms with Crippen molar-refractivity contribution in [2.24, 2.45) is 0 Å². The number of hydrogen-bond donors (Lipinski definition) is 2. The first kappa shape index (κ1) is 13.9. The molecule has 0 unspecified atom stereocenters. The van der Waals surface area contributed by atoms with Gasteiger partial charge in [-0.2, -0.15) is 0 Å². The Kier molecular flexibility index (Phi) is 3.89. The molecule has 2 N–H and O–H groups in total. The topological polar surface area (TPSA) is 58.6 Å². The van der Waals surface area contributed by atoms with Gasteiger partial charge in [-0.15, -0.1) is 0 Å². The van der Waals surface area contributed by atoms with Crippen molar-refractivity contribution in [3.63, 3.8) is 0 Å². The minimum atomic E-state index is -0.504. The van der Waals surface area contributed by atoms with Crippen LogP contribution in [-0.2, 0) is 0 Å². The first-order valence-corrected chi connectivity index (χ1v) is 5.96. The van der Waals surface area contributed by atoms with Gasteiger partial charge in [-0.3, -0.25) is 4.79 Å². The maximum Gasteiger partial charge on any atom is 0.255 e. The molecule has 0 fully saturated rings. The molecule has 0 bridgehead atoms. The second-order valence-electron chi connectivity index (χ2n) is 4.27. The van der Waals surface area contributed by atoms with Gasteiger partial charge >= 0.3 is 0 Å². The number of phenols is 1. The summed E-state index contributed by atoms with van der Waals surface area (Å²) in [6.07, 6.45) is 0. The molecule has 5 heteroatoms. The number of carbonyl (C=O) groups excluding carboxylic acids is 1. The lowest BCUT2D eigenvalue weighted by Gasteiger charge is -2.10. The third-order valence-electron chi connectivity index (χ3n) is 2.90. The van der Waals surface area contributed by atoms with Gasteiger partial charge in [0.15, 0.2) is 11.5 Å². The van der Waals surface area contributed by atoms with E-state index in [4.69, 9.17) is 4.74 Å². The number of carbonyl (C=O) groups is 1. The van der Waals surface area contributed by atoms with Crippen LogP contribution >= 0.6 is 0 Å². The third kappa shape index (κ3) is 2.71. The SMILES string of the molecule is COc1ccc(C(=O)Nc2c(C)cccc2F)cc1O. The Bertz CT molecular complexity index is 635. The number of halogens is 1. The zero-order valence-corrected chi connectivity index (χ0v) is 11.1. The van der Waals surface area contributed by atoms with E-state index in [0.29, 0.717) is 5.56 Å². The summed E-state index contributed by atoms with van der Waals surface area (Å²) < 4.78 is 18.5. The van der Waals surface area contributed by atoms with E-state index in [1.54, 1.807) is 19.1 Å². The van der Waals surface area contributed by atoms with E-state index in [-0.39, 0.29) is 22.7 Å². The number of ether oxygens (including phenoxy) is 1. The summed E-state index contributed by atoms with van der Waals surface area (Å²) in [5, 5.41) is 12.1. The van der Waals surface area contributed by atoms with Crippen LogP contribution in [0.25, 0.3) is 0 Å². The number of amides is 1. The monoisotopic (exact) mass is 275 g/mol. The molecule has 1 amide bonds. The van der Waals surface area contributed by atoms with Crippen LogP contribution < -0.4 is 10.1 Å². The summed E-state index contributed by atoms with van der Waals surface area (Å²) >= 11 is 0. The minimum Gasteiger partial charge on any atom is -0.504 e. The number of nitrogens with one attached hydrogen (secondary N) is 1. The van der Waals surface area contributed by atoms with Crippen molar-refractivity contribution in [1.82, 2.24) is 0 Å². The summed E-state index contributed by atoms with van der Waals surface area (Å²) in [6, 6.07) is 8.77. The van der Waals surface area contributed by atoms with Gasteiger partial charge < -0.3 is 15.2 Å². The van der Waals surface area contributed by atoms with Crippen molar-refractivity contribution in [2.45, 2.75) is 6.92 Å². The minimum absolute atomic E-state index is 0.132. The maximum atomic E-state index is 13.6. The summed E-state index contributed by atoms with van der Waals surface area (Å²) in [7, 11) is 1.41. The average molecular weight is 275 g/mol. The number of anilines is 1. The van der Waals surface area contributed by atoms with Gasteiger partial charge in [-0.05, 0) is 36.8 Å². The van der Waals surface area contributed by atoms with E-state index in [1.165, 1.54) is 31.4 Å². The quantitative estimate of drug-likeness (QED) is 0.905. The van der Waals surface area contributed by atoms with Crippen LogP contribution in [0.5, 0.6) is 11.5 Å². The Morgan fingerprint density at radius 2 is 2.05 bits per heavy atom. The van der Waals surface area contributed by atoms with Crippen molar-refractivity contribution in [3.05, 3.63) is 53.3 Å². The maximum absolute atomic E-state index is 13.6. The highest BCUT2D eigenvalue weighted by molar-refractivity contribution is 6.05. The van der Waals surface area contributed by atoms with Crippen LogP contribution in [0.4, 0.5) is 10.1 Å². The molecule has 0 atom stereocenters. The van der Waals surface area contributed by atoms with Crippen LogP contribution in [0.2, 0.25) is 0 Å². The first-order valence-electron chi connectivity index (χ1n) is 5.96. The molecule has 0 radical (unpaired) electrons. The van der Waals surface area contributed by atoms with E-state index in [0.717, 1.165) is 0 Å². The van der Waals surface area contributed by atoms with Crippen LogP contribution in [0.15, 0.2) is 36.4 Å². The van der Waals surface area contributed by atoms with E-state index < -0.39 is 11.7 Å². The van der Waals surface area contributed by atoms with Crippen LogP contribution in [0, 0.1) is 12.7 Å². The Morgan fingerprint density at radius 3 is 2.65 bits per heavy atom. The second kappa shape index (κ2) is 5.61. The van der Waals surface area contributed by atoms with Crippen molar-refractivity contribution < 1.29 is 19.0 Å². The van der Waals surface area contributed by atoms with Crippen molar-refractivity contribution in [3.8, 4) is 11.5 Å². The second-order valence-corrected chi connectivity index (χ2v) is 4.27. The molecule has 0 aliphatic rings. The molecule has 2 rings (SSSR count). The van der Waals surface area contributed by atoms with E-state index in [9.17, 15) is 14.3 Å². The van der Waals surface area contributed by atoms with Gasteiger partial charge in [0.25, 0.3) is 5.91 Å². The van der Waals surface area contributed by atoms with Crippen LogP contribution in [0.3, 0.4) is 0 Å². The predicted octanol–water partition coefficient (Wildman–Crippen LogP) is 3.10. The molecule has 4 nitrogen and oxygen atoms in total. The van der Waals surface area contributed by atoms with Gasteiger partial charge in [-0.25, -0.2) is 4.39 Å². The molecule has 20 heavy (non-hydrogen) atoms. The molecule has 104 valence electrons. The molecule has 0 heterocycles. The van der Waals surface area contributed by atoms with Crippen molar-refractivity contribution >= 4 is 11.6 Å². The molecule has 2 aromatic carbocycles. The molecule has 0 saturated heterocycles. The van der Waals surface area contributed by atoms with Crippen molar-refractivity contribution in [2.75, 3.05) is 12.4 Å². The highest BCUT2D eigenvalue weighted by Gasteiger charge is 2.13. The smallest absolute Gasteiger partial charge is 0.255 e. The fourth-order valence-electron chi connectivity index (χ4n) is 1.81. The van der Waals surface area contributed by atoms with Gasteiger partial charge in [0, 0.05) is 5.56 Å². The molecule has 2 aromatic rings. The normalized spacial score (nSPS) is 10.2. The lowest BCUT2D eigenvalue weighted by Crippen LogP contribution is -2.14. The van der Waals surface area contributed by atoms with Crippen LogP contribution in [0.1, 0.15) is 15.9 Å². The third-order valence-corrected chi connectivity index (χ3v) is 2.90. The average Bonchev–Trinajstić information content (AvgIpc) is 2.42. The molecule has 0 saturated carbocycles. The number of hydrogen-bond acceptors (Lipinski definition) is 3. The summed E-state index contributed by atoms with van der Waals surface area (Å²) in [5.41, 5.74) is 0.967. The largest absolute Gasteiger partial charge is 0.504 e. The Morgan fingerprint density at radius 1 is 1.30 bits per heavy atom. The fourth-order valence-corrected chi connectivity index (χ4v) is 1.81. The highest BCUT2D eigenvalue weighted by Crippen LogP contribution is 2.27. The number of aryl methyl sites for hydroxylation is 1. The number of benzene rings is 2. The summed E-state index contributed by atoms with van der Waals surface area (Å²) in [6.45, 7) is 1.70. The van der Waals surface area contributed by atoms with E-state index >= 15 is 0 Å². The molecular weight excluding hydrogens is 261 g/mol. The number of para-hydroxylation sites is 1. The summed E-state index contributed by atoms with van der Waals surface area (Å²) in [5.74, 6) is -0.888. The zero-order chi connectivity index (χ0) is 14.7. The number of aromatic hydroxyl groups is 1. The molecule has 0 aromatic heterocycles. The zero-order valence-electron chi connectivity index (χ0n) is 11.1. The number of phenolic OH excluding ortho intramolecular Hbond substituents is 1. The lowest BCUT2D eigenvalue weighted by atomic mass is 10.1. The fraction of sp³-hybridized carbons (Fsp3) is 0.133. The van der Waals surface area contributed by atoms with Crippen LogP contribution in [-0.4, -0.2) is 18.1 Å². The molecule has 0 aliphatic heterocycles. The first-order chi connectivity index (χ1) is 9.52. The van der Waals surface area contributed by atoms with Gasteiger partial charge in [0.05, 0.1) is 12.8 Å². The Balaban J connectivity index is 2.26. The standard InChI is InChI=1S/C15H14FNO3/c1-9-4-3-5-11(16)14(9)17-15(19)10-6-7-13(20-2)12(18)8-10/h3-8,18H,1-2H3,(H,17,19). The van der Waals surface area contributed by atoms with Gasteiger partial charge in [-0.1, -0.05) is 12.1 Å².